The number of hydrogen-bond acceptors (Lipinski definition) is 5. The molecule has 8 heteroatoms. The number of nitro groups is 1. The number of nitriles is 1. The summed E-state index contributed by atoms with van der Waals surface area (Å²) in [5.41, 5.74) is 0.518. The van der Waals surface area contributed by atoms with Gasteiger partial charge in [0.05, 0.1) is 27.6 Å². The fourth-order valence-electron chi connectivity index (χ4n) is 1.72. The Balaban J connectivity index is 2.39. The number of halogens is 2. The Morgan fingerprint density at radius 3 is 2.86 bits per heavy atom. The van der Waals surface area contributed by atoms with Gasteiger partial charge >= 0.3 is 5.69 Å². The first-order valence-electron chi connectivity index (χ1n) is 5.96. The average Bonchev–Trinajstić information content (AvgIpc) is 2.44. The van der Waals surface area contributed by atoms with E-state index in [1.807, 2.05) is 6.07 Å². The van der Waals surface area contributed by atoms with Crippen molar-refractivity contribution in [1.29, 1.82) is 5.26 Å². The minimum atomic E-state index is -0.494. The Kier molecular flexibility index (Phi) is 5.09. The molecule has 6 nitrogen and oxygen atoms in total. The van der Waals surface area contributed by atoms with E-state index in [9.17, 15) is 10.1 Å². The molecule has 0 bridgehead atoms. The molecule has 1 aromatic carbocycles. The van der Waals surface area contributed by atoms with Crippen molar-refractivity contribution >= 4 is 48.5 Å². The van der Waals surface area contributed by atoms with E-state index in [0.29, 0.717) is 45.0 Å². The zero-order valence-electron chi connectivity index (χ0n) is 10.7. The van der Waals surface area contributed by atoms with Crippen LogP contribution in [0.25, 0.3) is 10.9 Å². The molecule has 0 fully saturated rings. The summed E-state index contributed by atoms with van der Waals surface area (Å²) in [5, 5.41) is 20.0. The Morgan fingerprint density at radius 1 is 1.43 bits per heavy atom. The van der Waals surface area contributed by atoms with E-state index in [-0.39, 0.29) is 5.69 Å². The smallest absolute Gasteiger partial charge is 0.302 e. The van der Waals surface area contributed by atoms with Crippen molar-refractivity contribution in [3.8, 4) is 11.8 Å². The summed E-state index contributed by atoms with van der Waals surface area (Å²) < 4.78 is 6.66. The van der Waals surface area contributed by atoms with E-state index in [0.717, 1.165) is 0 Å². The van der Waals surface area contributed by atoms with Gasteiger partial charge in [0.1, 0.15) is 16.4 Å². The lowest BCUT2D eigenvalue weighted by atomic mass is 10.2. The van der Waals surface area contributed by atoms with E-state index in [4.69, 9.17) is 10.00 Å². The van der Waals surface area contributed by atoms with Crippen molar-refractivity contribution in [2.75, 3.05) is 6.61 Å². The van der Waals surface area contributed by atoms with Crippen molar-refractivity contribution in [2.24, 2.45) is 0 Å². The lowest BCUT2D eigenvalue weighted by molar-refractivity contribution is -0.385. The minimum absolute atomic E-state index is 0.0970. The predicted molar refractivity (Wildman–Crippen MR) is 84.1 cm³/mol. The lowest BCUT2D eigenvalue weighted by Crippen LogP contribution is -1.98. The maximum Gasteiger partial charge on any atom is 0.302 e. The van der Waals surface area contributed by atoms with E-state index in [1.54, 1.807) is 12.1 Å². The number of ether oxygens (including phenoxy) is 1. The maximum absolute atomic E-state index is 10.9. The normalized spacial score (nSPS) is 10.3. The quantitative estimate of drug-likeness (QED) is 0.412. The van der Waals surface area contributed by atoms with Crippen LogP contribution < -0.4 is 4.74 Å². The molecule has 0 unspecified atom stereocenters. The van der Waals surface area contributed by atoms with Gasteiger partial charge in [-0.25, -0.2) is 4.98 Å². The molecule has 0 aliphatic heterocycles. The number of hydrogen-bond donors (Lipinski definition) is 0. The van der Waals surface area contributed by atoms with Crippen LogP contribution in [0.3, 0.4) is 0 Å². The average molecular weight is 415 g/mol. The first-order chi connectivity index (χ1) is 10.0. The molecule has 0 amide bonds. The molecule has 0 N–H and O–H groups in total. The Morgan fingerprint density at radius 2 is 2.19 bits per heavy atom. The molecular formula is C13H9Br2N3O3. The molecule has 0 spiro atoms. The molecule has 1 heterocycles. The molecule has 108 valence electrons. The van der Waals surface area contributed by atoms with Gasteiger partial charge in [-0.1, -0.05) is 0 Å². The molecule has 0 radical (unpaired) electrons. The van der Waals surface area contributed by atoms with Crippen molar-refractivity contribution in [3.05, 3.63) is 37.4 Å². The molecule has 2 rings (SSSR count). The second-order valence-electron chi connectivity index (χ2n) is 4.12. The fourth-order valence-corrected chi connectivity index (χ4v) is 2.73. The van der Waals surface area contributed by atoms with Crippen LogP contribution in [0.2, 0.25) is 0 Å². The van der Waals surface area contributed by atoms with E-state index in [1.165, 1.54) is 6.20 Å². The van der Waals surface area contributed by atoms with Crippen molar-refractivity contribution < 1.29 is 9.66 Å². The first-order valence-corrected chi connectivity index (χ1v) is 7.55. The highest BCUT2D eigenvalue weighted by atomic mass is 79.9. The van der Waals surface area contributed by atoms with Gasteiger partial charge < -0.3 is 4.74 Å². The van der Waals surface area contributed by atoms with Gasteiger partial charge in [-0.05, 0) is 50.4 Å². The van der Waals surface area contributed by atoms with E-state index >= 15 is 0 Å². The Labute approximate surface area is 137 Å². The Bertz CT molecular complexity index is 743. The zero-order valence-corrected chi connectivity index (χ0v) is 13.8. The summed E-state index contributed by atoms with van der Waals surface area (Å²) in [7, 11) is 0. The van der Waals surface area contributed by atoms with Crippen LogP contribution in [0.5, 0.6) is 5.75 Å². The largest absolute Gasteiger partial charge is 0.492 e. The highest BCUT2D eigenvalue weighted by Gasteiger charge is 2.17. The molecule has 0 saturated carbocycles. The van der Waals surface area contributed by atoms with Crippen LogP contribution >= 0.6 is 31.9 Å². The standard InChI is InChI=1S/C13H9Br2N3O3/c14-9-6-10-8(5-12(9)21-4-2-1-3-16)13(15)11(7-17-10)18(19)20/h5-7H,1-2,4H2. The zero-order chi connectivity index (χ0) is 15.4. The molecule has 1 aromatic heterocycles. The van der Waals surface area contributed by atoms with Crippen molar-refractivity contribution in [2.45, 2.75) is 12.8 Å². The lowest BCUT2D eigenvalue weighted by Gasteiger charge is -2.09. The number of pyridine rings is 1. The third kappa shape index (κ3) is 3.49. The minimum Gasteiger partial charge on any atom is -0.492 e. The number of unbranched alkanes of at least 4 members (excludes halogenated alkanes) is 1. The fraction of sp³-hybridized carbons (Fsp3) is 0.231. The second-order valence-corrected chi connectivity index (χ2v) is 5.77. The topological polar surface area (TPSA) is 89.0 Å². The van der Waals surface area contributed by atoms with E-state index < -0.39 is 4.92 Å². The Hall–Kier alpha value is -1.72. The van der Waals surface area contributed by atoms with Crippen molar-refractivity contribution in [1.82, 2.24) is 4.98 Å². The third-order valence-corrected chi connectivity index (χ3v) is 4.18. The van der Waals surface area contributed by atoms with Crippen LogP contribution in [0.15, 0.2) is 27.3 Å². The van der Waals surface area contributed by atoms with Crippen LogP contribution in [-0.2, 0) is 0 Å². The molecule has 2 aromatic rings. The molecule has 21 heavy (non-hydrogen) atoms. The summed E-state index contributed by atoms with van der Waals surface area (Å²) in [6.45, 7) is 0.400. The van der Waals surface area contributed by atoms with Gasteiger partial charge in [-0.15, -0.1) is 0 Å². The number of nitrogens with zero attached hydrogens (tertiary/aromatic N) is 3. The monoisotopic (exact) mass is 413 g/mol. The first kappa shape index (κ1) is 15.7. The van der Waals surface area contributed by atoms with Gasteiger partial charge in [0.2, 0.25) is 0 Å². The molecule has 0 atom stereocenters. The second kappa shape index (κ2) is 6.83. The van der Waals surface area contributed by atoms with Gasteiger partial charge in [0.25, 0.3) is 0 Å². The van der Waals surface area contributed by atoms with Gasteiger partial charge in [0.15, 0.2) is 0 Å². The summed E-state index contributed by atoms with van der Waals surface area (Å²) >= 11 is 6.62. The third-order valence-electron chi connectivity index (χ3n) is 2.72. The van der Waals surface area contributed by atoms with Gasteiger partial charge in [-0.3, -0.25) is 10.1 Å². The molecule has 0 aliphatic carbocycles. The highest BCUT2D eigenvalue weighted by Crippen LogP contribution is 2.37. The van der Waals surface area contributed by atoms with E-state index in [2.05, 4.69) is 36.8 Å². The summed E-state index contributed by atoms with van der Waals surface area (Å²) in [4.78, 5) is 14.5. The maximum atomic E-state index is 10.9. The molecule has 0 aliphatic rings. The summed E-state index contributed by atoms with van der Waals surface area (Å²) in [6.07, 6.45) is 2.25. The van der Waals surface area contributed by atoms with Crippen LogP contribution in [-0.4, -0.2) is 16.5 Å². The number of fused-ring (bicyclic) bond motifs is 1. The SMILES string of the molecule is N#CCCCOc1cc2c(Br)c([N+](=O)[O-])cnc2cc1Br. The number of aromatic nitrogens is 1. The van der Waals surface area contributed by atoms with Gasteiger partial charge in [0, 0.05) is 11.8 Å². The summed E-state index contributed by atoms with van der Waals surface area (Å²) in [5.74, 6) is 0.559. The van der Waals surface area contributed by atoms with Crippen LogP contribution in [0.4, 0.5) is 5.69 Å². The van der Waals surface area contributed by atoms with Crippen molar-refractivity contribution in [3.63, 3.8) is 0 Å². The van der Waals surface area contributed by atoms with Gasteiger partial charge in [-0.2, -0.15) is 5.26 Å². The predicted octanol–water partition coefficient (Wildman–Crippen LogP) is 4.35. The molecule has 0 saturated heterocycles. The summed E-state index contributed by atoms with van der Waals surface area (Å²) in [6, 6.07) is 5.47. The highest BCUT2D eigenvalue weighted by molar-refractivity contribution is 9.11. The van der Waals surface area contributed by atoms with Crippen LogP contribution in [0, 0.1) is 21.4 Å². The number of benzene rings is 1. The number of rotatable bonds is 5. The molecular weight excluding hydrogens is 406 g/mol. The van der Waals surface area contributed by atoms with Crippen LogP contribution in [0.1, 0.15) is 12.8 Å².